The van der Waals surface area contributed by atoms with Crippen molar-refractivity contribution in [1.82, 2.24) is 29.5 Å². The lowest BCUT2D eigenvalue weighted by Gasteiger charge is -2.08. The maximum absolute atomic E-state index is 13.1. The van der Waals surface area contributed by atoms with E-state index in [1.807, 2.05) is 32.0 Å². The first-order chi connectivity index (χ1) is 13.5. The van der Waals surface area contributed by atoms with Crippen LogP contribution in [-0.4, -0.2) is 42.6 Å². The smallest absolute Gasteiger partial charge is 0.341 e. The van der Waals surface area contributed by atoms with E-state index in [4.69, 9.17) is 4.74 Å². The van der Waals surface area contributed by atoms with Crippen LogP contribution in [0, 0.1) is 6.92 Å². The van der Waals surface area contributed by atoms with E-state index < -0.39 is 5.97 Å². The van der Waals surface area contributed by atoms with Crippen molar-refractivity contribution in [1.29, 1.82) is 0 Å². The molecule has 1 aromatic carbocycles. The summed E-state index contributed by atoms with van der Waals surface area (Å²) in [5.74, 6) is 0.423. The van der Waals surface area contributed by atoms with Crippen molar-refractivity contribution in [3.8, 4) is 22.9 Å². The summed E-state index contributed by atoms with van der Waals surface area (Å²) in [6.45, 7) is 3.84. The minimum absolute atomic E-state index is 0.160. The van der Waals surface area contributed by atoms with Crippen molar-refractivity contribution < 1.29 is 9.53 Å². The quantitative estimate of drug-likeness (QED) is 0.544. The molecule has 2 aromatic rings. The molecule has 9 nitrogen and oxygen atoms in total. The molecule has 3 heterocycles. The molecule has 2 aliphatic rings. The number of aromatic amines is 1. The molecular formula is C19H18N6O3. The van der Waals surface area contributed by atoms with Gasteiger partial charge < -0.3 is 4.74 Å². The number of aromatic nitrogens is 6. The number of methoxy groups -OCH3 is 1. The predicted molar refractivity (Wildman–Crippen MR) is 101 cm³/mol. The van der Waals surface area contributed by atoms with Crippen molar-refractivity contribution in [2.45, 2.75) is 20.3 Å². The van der Waals surface area contributed by atoms with Crippen molar-refractivity contribution >= 4 is 5.97 Å². The van der Waals surface area contributed by atoms with Crippen molar-refractivity contribution in [3.63, 3.8) is 0 Å². The van der Waals surface area contributed by atoms with Gasteiger partial charge in [0, 0.05) is 18.8 Å². The van der Waals surface area contributed by atoms with Crippen molar-refractivity contribution in [3.05, 3.63) is 64.0 Å². The molecule has 9 heteroatoms. The van der Waals surface area contributed by atoms with Crippen LogP contribution in [0.25, 0.3) is 22.9 Å². The minimum atomic E-state index is -0.597. The summed E-state index contributed by atoms with van der Waals surface area (Å²) < 4.78 is 7.71. The highest BCUT2D eigenvalue weighted by atomic mass is 16.5. The van der Waals surface area contributed by atoms with Crippen LogP contribution in [0.2, 0.25) is 0 Å². The van der Waals surface area contributed by atoms with Gasteiger partial charge in [-0.15, -0.1) is 5.10 Å². The number of pyridine rings is 1. The highest BCUT2D eigenvalue weighted by Crippen LogP contribution is 2.24. The molecule has 1 N–H and O–H groups in total. The fraction of sp³-hybridized carbons (Fsp3) is 0.211. The zero-order valence-electron chi connectivity index (χ0n) is 15.6. The summed E-state index contributed by atoms with van der Waals surface area (Å²) in [7, 11) is 1.28. The zero-order valence-corrected chi connectivity index (χ0v) is 15.6. The van der Waals surface area contributed by atoms with E-state index in [0.717, 1.165) is 5.56 Å². The van der Waals surface area contributed by atoms with Crippen LogP contribution in [0.4, 0.5) is 0 Å². The molecule has 0 saturated carbocycles. The number of nitrogens with zero attached hydrogens (tertiary/aromatic N) is 5. The molecule has 0 atom stereocenters. The van der Waals surface area contributed by atoms with Gasteiger partial charge in [-0.25, -0.2) is 4.79 Å². The van der Waals surface area contributed by atoms with Gasteiger partial charge in [-0.2, -0.15) is 14.8 Å². The lowest BCUT2D eigenvalue weighted by atomic mass is 10.1. The number of carbonyl (C=O) groups excluding carboxylic acids is 1. The Kier molecular flexibility index (Phi) is 4.26. The number of benzene rings is 1. The summed E-state index contributed by atoms with van der Waals surface area (Å²) in [6.07, 6.45) is 3.78. The number of nitrogens with one attached hydrogen (secondary N) is 1. The highest BCUT2D eigenvalue weighted by Gasteiger charge is 2.26. The van der Waals surface area contributed by atoms with E-state index >= 15 is 0 Å². The lowest BCUT2D eigenvalue weighted by Crippen LogP contribution is -2.16. The Labute approximate surface area is 159 Å². The van der Waals surface area contributed by atoms with Gasteiger partial charge in [-0.05, 0) is 18.6 Å². The number of esters is 1. The second-order valence-corrected chi connectivity index (χ2v) is 6.27. The Balaban J connectivity index is 1.99. The van der Waals surface area contributed by atoms with Crippen molar-refractivity contribution in [2.24, 2.45) is 0 Å². The molecular weight excluding hydrogens is 360 g/mol. The van der Waals surface area contributed by atoms with Gasteiger partial charge in [-0.3, -0.25) is 14.5 Å². The fourth-order valence-corrected chi connectivity index (χ4v) is 3.00. The van der Waals surface area contributed by atoms with E-state index in [2.05, 4.69) is 20.3 Å². The highest BCUT2D eigenvalue weighted by molar-refractivity contribution is 5.96. The maximum atomic E-state index is 13.1. The molecule has 0 spiro atoms. The Morgan fingerprint density at radius 1 is 1.25 bits per heavy atom. The molecule has 0 fully saturated rings. The second kappa shape index (κ2) is 6.76. The molecule has 2 aliphatic heterocycles. The van der Waals surface area contributed by atoms with Gasteiger partial charge >= 0.3 is 5.97 Å². The molecule has 0 unspecified atom stereocenters. The van der Waals surface area contributed by atoms with Gasteiger partial charge in [0.25, 0.3) is 11.5 Å². The molecule has 0 radical (unpaired) electrons. The van der Waals surface area contributed by atoms with Gasteiger partial charge in [0.05, 0.1) is 18.4 Å². The summed E-state index contributed by atoms with van der Waals surface area (Å²) in [5.41, 5.74) is 1.90. The third-order valence-electron chi connectivity index (χ3n) is 4.50. The average Bonchev–Trinajstić information content (AvgIpc) is 3.32. The standard InChI is InChI=1S/C19H18N6O3/c1-4-15-20-19(22-21-15)24-9-12-16(13(10-24)18(27)28-3)23-25(17(12)26)14-8-6-5-7-11(14)2/h5-10H,4H2,1-3H3,(H,20,21,22). The summed E-state index contributed by atoms with van der Waals surface area (Å²) >= 11 is 0. The number of para-hydroxylation sites is 1. The third kappa shape index (κ3) is 2.77. The normalized spacial score (nSPS) is 11.1. The number of ether oxygens (including phenoxy) is 1. The van der Waals surface area contributed by atoms with E-state index in [0.29, 0.717) is 23.9 Å². The van der Waals surface area contributed by atoms with Crippen LogP contribution in [0.3, 0.4) is 0 Å². The molecule has 1 aromatic heterocycles. The third-order valence-corrected chi connectivity index (χ3v) is 4.50. The topological polar surface area (TPSA) is 108 Å². The number of fused-ring (bicyclic) bond motifs is 1. The van der Waals surface area contributed by atoms with Gasteiger partial charge in [0.15, 0.2) is 0 Å². The Morgan fingerprint density at radius 3 is 2.71 bits per heavy atom. The number of aryl methyl sites for hydroxylation is 2. The first-order valence-electron chi connectivity index (χ1n) is 8.74. The number of hydrogen-bond donors (Lipinski definition) is 1. The fourth-order valence-electron chi connectivity index (χ4n) is 3.00. The van der Waals surface area contributed by atoms with Crippen LogP contribution >= 0.6 is 0 Å². The predicted octanol–water partition coefficient (Wildman–Crippen LogP) is 1.90. The van der Waals surface area contributed by atoms with Gasteiger partial charge in [0.2, 0.25) is 0 Å². The summed E-state index contributed by atoms with van der Waals surface area (Å²) in [6, 6.07) is 7.41. The van der Waals surface area contributed by atoms with Gasteiger partial charge in [0.1, 0.15) is 17.1 Å². The summed E-state index contributed by atoms with van der Waals surface area (Å²) in [5, 5.41) is 11.4. The number of hydrogen-bond acceptors (Lipinski definition) is 6. The van der Waals surface area contributed by atoms with E-state index in [-0.39, 0.29) is 22.4 Å². The molecule has 142 valence electrons. The van der Waals surface area contributed by atoms with Crippen LogP contribution in [0.15, 0.2) is 41.5 Å². The molecule has 4 rings (SSSR count). The van der Waals surface area contributed by atoms with Crippen LogP contribution in [0.1, 0.15) is 28.7 Å². The zero-order chi connectivity index (χ0) is 19.8. The second-order valence-electron chi connectivity index (χ2n) is 6.27. The Bertz CT molecular complexity index is 1200. The van der Waals surface area contributed by atoms with Gasteiger partial charge in [-0.1, -0.05) is 25.1 Å². The molecule has 0 saturated heterocycles. The van der Waals surface area contributed by atoms with Crippen LogP contribution in [0.5, 0.6) is 0 Å². The number of rotatable bonds is 4. The molecule has 0 aliphatic carbocycles. The largest absolute Gasteiger partial charge is 0.465 e. The first-order valence-corrected chi connectivity index (χ1v) is 8.74. The number of carbonyl (C=O) groups is 1. The lowest BCUT2D eigenvalue weighted by molar-refractivity contribution is 0.0600. The monoisotopic (exact) mass is 378 g/mol. The molecule has 0 amide bonds. The van der Waals surface area contributed by atoms with E-state index in [1.165, 1.54) is 22.6 Å². The molecule has 28 heavy (non-hydrogen) atoms. The Morgan fingerprint density at radius 2 is 2.04 bits per heavy atom. The molecule has 0 bridgehead atoms. The van der Waals surface area contributed by atoms with E-state index in [9.17, 15) is 9.59 Å². The Hall–Kier alpha value is -3.75. The number of H-pyrrole nitrogens is 1. The SMILES string of the molecule is CCc1nc(-n2cc(C(=O)OC)c3nn(-c4ccccc4C)c(=O)c-3c2)n[nH]1. The maximum Gasteiger partial charge on any atom is 0.341 e. The van der Waals surface area contributed by atoms with Crippen LogP contribution < -0.4 is 5.56 Å². The minimum Gasteiger partial charge on any atom is -0.465 e. The van der Waals surface area contributed by atoms with E-state index in [1.54, 1.807) is 12.3 Å². The average molecular weight is 378 g/mol. The van der Waals surface area contributed by atoms with Crippen LogP contribution in [-0.2, 0) is 11.2 Å². The first kappa shape index (κ1) is 17.7. The van der Waals surface area contributed by atoms with Crippen molar-refractivity contribution in [2.75, 3.05) is 7.11 Å². The summed E-state index contributed by atoms with van der Waals surface area (Å²) in [4.78, 5) is 29.8.